The van der Waals surface area contributed by atoms with E-state index in [1.807, 2.05) is 13.8 Å². The molecule has 2 fully saturated rings. The fourth-order valence-electron chi connectivity index (χ4n) is 2.71. The van der Waals surface area contributed by atoms with Crippen molar-refractivity contribution in [3.63, 3.8) is 0 Å². The maximum absolute atomic E-state index is 12.2. The third-order valence-corrected chi connectivity index (χ3v) is 3.84. The molecule has 0 saturated carbocycles. The van der Waals surface area contributed by atoms with Gasteiger partial charge in [-0.05, 0) is 19.8 Å². The molecular weight excluding hydrogens is 232 g/mol. The Hall–Kier alpha value is -1.10. The number of rotatable bonds is 4. The van der Waals surface area contributed by atoms with Crippen LogP contribution in [0.2, 0.25) is 0 Å². The van der Waals surface area contributed by atoms with E-state index in [1.165, 1.54) is 0 Å². The van der Waals surface area contributed by atoms with Gasteiger partial charge in [0.1, 0.15) is 6.04 Å². The summed E-state index contributed by atoms with van der Waals surface area (Å²) in [4.78, 5) is 25.6. The Kier molecular flexibility index (Phi) is 4.22. The van der Waals surface area contributed by atoms with Gasteiger partial charge in [-0.25, -0.2) is 0 Å². The molecule has 3 unspecified atom stereocenters. The lowest BCUT2D eigenvalue weighted by Gasteiger charge is -2.34. The van der Waals surface area contributed by atoms with E-state index in [0.717, 1.165) is 25.9 Å². The Morgan fingerprint density at radius 3 is 2.83 bits per heavy atom. The number of hydrogen-bond donors (Lipinski definition) is 1. The highest BCUT2D eigenvalue weighted by Crippen LogP contribution is 2.22. The molecule has 2 aliphatic heterocycles. The van der Waals surface area contributed by atoms with Crippen molar-refractivity contribution in [2.24, 2.45) is 5.92 Å². The molecule has 2 saturated heterocycles. The van der Waals surface area contributed by atoms with Gasteiger partial charge in [0.2, 0.25) is 11.8 Å². The summed E-state index contributed by atoms with van der Waals surface area (Å²) in [7, 11) is 0. The Morgan fingerprint density at radius 1 is 1.44 bits per heavy atom. The number of carbonyl (C=O) groups is 2. The summed E-state index contributed by atoms with van der Waals surface area (Å²) in [6, 6.07) is -0.325. The number of nitrogens with zero attached hydrogens (tertiary/aromatic N) is 1. The molecule has 0 aromatic carbocycles. The van der Waals surface area contributed by atoms with Gasteiger partial charge in [-0.1, -0.05) is 13.3 Å². The molecule has 1 N–H and O–H groups in total. The van der Waals surface area contributed by atoms with Crippen LogP contribution in [-0.2, 0) is 14.3 Å². The van der Waals surface area contributed by atoms with Crippen molar-refractivity contribution in [1.82, 2.24) is 10.2 Å². The maximum Gasteiger partial charge on any atom is 0.245 e. The van der Waals surface area contributed by atoms with E-state index in [4.69, 9.17) is 4.74 Å². The Morgan fingerprint density at radius 2 is 2.22 bits per heavy atom. The van der Waals surface area contributed by atoms with Crippen LogP contribution < -0.4 is 5.32 Å². The summed E-state index contributed by atoms with van der Waals surface area (Å²) < 4.78 is 5.50. The SMILES string of the molecule is CCCC1NC(=O)CN(CC2CCOC2C)C1=O. The highest BCUT2D eigenvalue weighted by molar-refractivity contribution is 5.94. The molecule has 18 heavy (non-hydrogen) atoms. The average molecular weight is 254 g/mol. The third-order valence-electron chi connectivity index (χ3n) is 3.84. The van der Waals surface area contributed by atoms with Crippen LogP contribution in [0.25, 0.3) is 0 Å². The summed E-state index contributed by atoms with van der Waals surface area (Å²) in [6.07, 6.45) is 2.78. The number of amides is 2. The summed E-state index contributed by atoms with van der Waals surface area (Å²) in [5.74, 6) is 0.386. The van der Waals surface area contributed by atoms with E-state index < -0.39 is 0 Å². The second-order valence-corrected chi connectivity index (χ2v) is 5.25. The Bertz CT molecular complexity index is 332. The van der Waals surface area contributed by atoms with Crippen molar-refractivity contribution >= 4 is 11.8 Å². The lowest BCUT2D eigenvalue weighted by atomic mass is 10.00. The first-order valence-corrected chi connectivity index (χ1v) is 6.81. The second-order valence-electron chi connectivity index (χ2n) is 5.25. The molecule has 0 radical (unpaired) electrons. The van der Waals surface area contributed by atoms with Gasteiger partial charge in [0, 0.05) is 19.1 Å². The molecule has 2 amide bonds. The smallest absolute Gasteiger partial charge is 0.245 e. The van der Waals surface area contributed by atoms with Gasteiger partial charge < -0.3 is 15.0 Å². The van der Waals surface area contributed by atoms with E-state index >= 15 is 0 Å². The number of ether oxygens (including phenoxy) is 1. The van der Waals surface area contributed by atoms with Crippen LogP contribution in [0.15, 0.2) is 0 Å². The van der Waals surface area contributed by atoms with Crippen LogP contribution in [0.3, 0.4) is 0 Å². The topological polar surface area (TPSA) is 58.6 Å². The number of nitrogens with one attached hydrogen (secondary N) is 1. The molecule has 5 nitrogen and oxygen atoms in total. The first-order valence-electron chi connectivity index (χ1n) is 6.81. The zero-order valence-corrected chi connectivity index (χ0v) is 11.1. The summed E-state index contributed by atoms with van der Waals surface area (Å²) in [6.45, 7) is 5.66. The predicted molar refractivity (Wildman–Crippen MR) is 66.9 cm³/mol. The fourth-order valence-corrected chi connectivity index (χ4v) is 2.71. The van der Waals surface area contributed by atoms with Gasteiger partial charge in [0.25, 0.3) is 0 Å². The zero-order valence-electron chi connectivity index (χ0n) is 11.1. The van der Waals surface area contributed by atoms with Gasteiger partial charge in [0.05, 0.1) is 12.6 Å². The van der Waals surface area contributed by atoms with Gasteiger partial charge in [-0.3, -0.25) is 9.59 Å². The first kappa shape index (κ1) is 13.3. The number of carbonyl (C=O) groups excluding carboxylic acids is 2. The van der Waals surface area contributed by atoms with Gasteiger partial charge in [-0.2, -0.15) is 0 Å². The monoisotopic (exact) mass is 254 g/mol. The molecule has 2 aliphatic rings. The molecule has 2 heterocycles. The Labute approximate surface area is 108 Å². The molecular formula is C13H22N2O3. The normalized spacial score (nSPS) is 32.8. The molecule has 0 aliphatic carbocycles. The quantitative estimate of drug-likeness (QED) is 0.796. The second kappa shape index (κ2) is 5.69. The van der Waals surface area contributed by atoms with E-state index in [1.54, 1.807) is 4.90 Å². The van der Waals surface area contributed by atoms with Crippen molar-refractivity contribution in [2.75, 3.05) is 19.7 Å². The van der Waals surface area contributed by atoms with Crippen LogP contribution in [0.4, 0.5) is 0 Å². The van der Waals surface area contributed by atoms with E-state index in [2.05, 4.69) is 5.32 Å². The lowest BCUT2D eigenvalue weighted by molar-refractivity contribution is -0.145. The minimum atomic E-state index is -0.325. The van der Waals surface area contributed by atoms with Crippen LogP contribution in [0.5, 0.6) is 0 Å². The highest BCUT2D eigenvalue weighted by Gasteiger charge is 2.35. The summed E-state index contributed by atoms with van der Waals surface area (Å²) in [5, 5.41) is 2.77. The standard InChI is InChI=1S/C13H22N2O3/c1-3-4-11-13(17)15(8-12(16)14-11)7-10-5-6-18-9(10)2/h9-11H,3-8H2,1-2H3,(H,14,16). The number of piperazine rings is 1. The minimum absolute atomic E-state index is 0.0420. The van der Waals surface area contributed by atoms with Gasteiger partial charge in [0.15, 0.2) is 0 Å². The van der Waals surface area contributed by atoms with Crippen molar-refractivity contribution in [3.05, 3.63) is 0 Å². The molecule has 2 rings (SSSR count). The predicted octanol–water partition coefficient (Wildman–Crippen LogP) is 0.539. The fraction of sp³-hybridized carbons (Fsp3) is 0.846. The van der Waals surface area contributed by atoms with Crippen molar-refractivity contribution in [1.29, 1.82) is 0 Å². The highest BCUT2D eigenvalue weighted by atomic mass is 16.5. The van der Waals surface area contributed by atoms with Crippen LogP contribution in [-0.4, -0.2) is 48.6 Å². The van der Waals surface area contributed by atoms with E-state index in [-0.39, 0.29) is 30.5 Å². The van der Waals surface area contributed by atoms with Crippen LogP contribution in [0, 0.1) is 5.92 Å². The van der Waals surface area contributed by atoms with Crippen molar-refractivity contribution < 1.29 is 14.3 Å². The third kappa shape index (κ3) is 2.83. The molecule has 0 spiro atoms. The lowest BCUT2D eigenvalue weighted by Crippen LogP contribution is -2.58. The molecule has 0 aromatic rings. The Balaban J connectivity index is 1.97. The molecule has 0 bridgehead atoms. The maximum atomic E-state index is 12.2. The first-order chi connectivity index (χ1) is 8.61. The molecule has 0 aromatic heterocycles. The van der Waals surface area contributed by atoms with Crippen LogP contribution >= 0.6 is 0 Å². The summed E-state index contributed by atoms with van der Waals surface area (Å²) in [5.41, 5.74) is 0. The van der Waals surface area contributed by atoms with Gasteiger partial charge >= 0.3 is 0 Å². The largest absolute Gasteiger partial charge is 0.378 e. The summed E-state index contributed by atoms with van der Waals surface area (Å²) >= 11 is 0. The number of hydrogen-bond acceptors (Lipinski definition) is 3. The molecule has 5 heteroatoms. The van der Waals surface area contributed by atoms with E-state index in [0.29, 0.717) is 12.5 Å². The average Bonchev–Trinajstić information content (AvgIpc) is 2.71. The zero-order chi connectivity index (χ0) is 13.1. The molecule has 3 atom stereocenters. The van der Waals surface area contributed by atoms with Crippen molar-refractivity contribution in [2.45, 2.75) is 45.3 Å². The van der Waals surface area contributed by atoms with Gasteiger partial charge in [-0.15, -0.1) is 0 Å². The van der Waals surface area contributed by atoms with E-state index in [9.17, 15) is 9.59 Å². The van der Waals surface area contributed by atoms with Crippen molar-refractivity contribution in [3.8, 4) is 0 Å². The minimum Gasteiger partial charge on any atom is -0.378 e. The van der Waals surface area contributed by atoms with Crippen LogP contribution in [0.1, 0.15) is 33.1 Å². The molecule has 102 valence electrons.